The molecule has 0 aliphatic carbocycles. The highest BCUT2D eigenvalue weighted by Gasteiger charge is 2.39. The van der Waals surface area contributed by atoms with Gasteiger partial charge in [0.1, 0.15) is 0 Å². The molecule has 1 heterocycles. The van der Waals surface area contributed by atoms with Gasteiger partial charge in [0.25, 0.3) is 5.69 Å². The van der Waals surface area contributed by atoms with Gasteiger partial charge in [-0.15, -0.1) is 0 Å². The highest BCUT2D eigenvalue weighted by molar-refractivity contribution is 5.83. The molecule has 108 valence electrons. The second kappa shape index (κ2) is 6.00. The van der Waals surface area contributed by atoms with Crippen molar-refractivity contribution in [1.29, 1.82) is 0 Å². The van der Waals surface area contributed by atoms with Crippen molar-refractivity contribution in [3.8, 4) is 0 Å². The van der Waals surface area contributed by atoms with E-state index in [4.69, 9.17) is 0 Å². The highest BCUT2D eigenvalue weighted by Crippen LogP contribution is 2.29. The number of hydrogen-bond acceptors (Lipinski definition) is 4. The first-order valence-electron chi connectivity index (χ1n) is 6.80. The molecule has 1 aromatic rings. The lowest BCUT2D eigenvalue weighted by Gasteiger charge is -2.25. The highest BCUT2D eigenvalue weighted by atomic mass is 16.6. The summed E-state index contributed by atoms with van der Waals surface area (Å²) in [5.74, 6) is -0.0249. The lowest BCUT2D eigenvalue weighted by molar-refractivity contribution is -0.385. The van der Waals surface area contributed by atoms with Crippen LogP contribution in [0.3, 0.4) is 0 Å². The minimum atomic E-state index is -0.422. The Labute approximate surface area is 117 Å². The van der Waals surface area contributed by atoms with E-state index in [9.17, 15) is 14.9 Å². The van der Waals surface area contributed by atoms with Crippen molar-refractivity contribution < 1.29 is 9.72 Å². The normalized spacial score (nSPS) is 21.6. The number of benzene rings is 1. The van der Waals surface area contributed by atoms with Crippen LogP contribution in [0.25, 0.3) is 0 Å². The van der Waals surface area contributed by atoms with E-state index in [-0.39, 0.29) is 23.6 Å². The van der Waals surface area contributed by atoms with Crippen LogP contribution in [-0.4, -0.2) is 23.9 Å². The van der Waals surface area contributed by atoms with Crippen LogP contribution in [0.5, 0.6) is 0 Å². The van der Waals surface area contributed by atoms with Gasteiger partial charge in [0, 0.05) is 24.7 Å². The summed E-state index contributed by atoms with van der Waals surface area (Å²) in [5.41, 5.74) is 0.203. The van der Waals surface area contributed by atoms with Crippen molar-refractivity contribution in [3.63, 3.8) is 0 Å². The largest absolute Gasteiger partial charge is 0.351 e. The van der Waals surface area contributed by atoms with Crippen molar-refractivity contribution in [1.82, 2.24) is 10.6 Å². The zero-order chi connectivity index (χ0) is 14.6. The molecule has 1 aliphatic heterocycles. The molecule has 1 unspecified atom stereocenters. The van der Waals surface area contributed by atoms with E-state index < -0.39 is 4.92 Å². The van der Waals surface area contributed by atoms with Gasteiger partial charge in [-0.05, 0) is 19.4 Å². The number of nitro groups is 1. The average Bonchev–Trinajstić information content (AvgIpc) is 2.95. The van der Waals surface area contributed by atoms with E-state index in [1.165, 1.54) is 6.07 Å². The summed E-state index contributed by atoms with van der Waals surface area (Å²) in [7, 11) is 0. The van der Waals surface area contributed by atoms with Crippen LogP contribution in [-0.2, 0) is 11.3 Å². The second-order valence-corrected chi connectivity index (χ2v) is 5.13. The first kappa shape index (κ1) is 14.5. The van der Waals surface area contributed by atoms with E-state index in [1.54, 1.807) is 18.2 Å². The number of rotatable bonds is 5. The van der Waals surface area contributed by atoms with E-state index >= 15 is 0 Å². The first-order valence-corrected chi connectivity index (χ1v) is 6.80. The Kier molecular flexibility index (Phi) is 4.34. The predicted molar refractivity (Wildman–Crippen MR) is 75.2 cm³/mol. The Morgan fingerprint density at radius 3 is 2.85 bits per heavy atom. The molecule has 1 aliphatic rings. The molecule has 0 bridgehead atoms. The minimum Gasteiger partial charge on any atom is -0.351 e. The van der Waals surface area contributed by atoms with Crippen LogP contribution in [0.2, 0.25) is 0 Å². The molecule has 1 amide bonds. The Balaban J connectivity index is 2.05. The molecule has 0 saturated carbocycles. The van der Waals surface area contributed by atoms with Crippen LogP contribution in [0.1, 0.15) is 25.3 Å². The third kappa shape index (κ3) is 2.80. The summed E-state index contributed by atoms with van der Waals surface area (Å²) < 4.78 is 0. The maximum Gasteiger partial charge on any atom is 0.274 e. The number of nitro benzene ring substituents is 1. The first-order chi connectivity index (χ1) is 9.59. The van der Waals surface area contributed by atoms with Gasteiger partial charge >= 0.3 is 0 Å². The molecule has 1 saturated heterocycles. The lowest BCUT2D eigenvalue weighted by atomic mass is 9.83. The van der Waals surface area contributed by atoms with E-state index in [2.05, 4.69) is 10.6 Å². The molecule has 6 nitrogen and oxygen atoms in total. The summed E-state index contributed by atoms with van der Waals surface area (Å²) in [6, 6.07) is 6.48. The Bertz CT molecular complexity index is 510. The standard InChI is InChI=1S/C14H19N3O3/c1-2-14(7-8-15-10-14)13(18)16-9-11-5-3-4-6-12(11)17(19)20/h3-6,15H,2,7-10H2,1H3,(H,16,18). The van der Waals surface area contributed by atoms with Gasteiger partial charge in [0.2, 0.25) is 5.91 Å². The van der Waals surface area contributed by atoms with E-state index in [1.807, 2.05) is 6.92 Å². The van der Waals surface area contributed by atoms with Crippen LogP contribution in [0, 0.1) is 15.5 Å². The lowest BCUT2D eigenvalue weighted by Crippen LogP contribution is -2.41. The van der Waals surface area contributed by atoms with E-state index in [0.717, 1.165) is 19.4 Å². The maximum absolute atomic E-state index is 12.3. The fourth-order valence-corrected chi connectivity index (χ4v) is 2.60. The molecular weight excluding hydrogens is 258 g/mol. The van der Waals surface area contributed by atoms with E-state index in [0.29, 0.717) is 12.1 Å². The Hall–Kier alpha value is -1.95. The number of nitrogens with zero attached hydrogens (tertiary/aromatic N) is 1. The minimum absolute atomic E-state index is 0.0249. The maximum atomic E-state index is 12.3. The van der Waals surface area contributed by atoms with Crippen molar-refractivity contribution in [2.45, 2.75) is 26.3 Å². The monoisotopic (exact) mass is 277 g/mol. The third-order valence-electron chi connectivity index (χ3n) is 4.03. The summed E-state index contributed by atoms with van der Waals surface area (Å²) in [4.78, 5) is 22.8. The number of carbonyl (C=O) groups is 1. The van der Waals surface area contributed by atoms with Gasteiger partial charge in [-0.25, -0.2) is 0 Å². The molecular formula is C14H19N3O3. The topological polar surface area (TPSA) is 84.3 Å². The molecule has 0 aromatic heterocycles. The van der Waals surface area contributed by atoms with Gasteiger partial charge < -0.3 is 10.6 Å². The fraction of sp³-hybridized carbons (Fsp3) is 0.500. The molecule has 1 atom stereocenters. The van der Waals surface area contributed by atoms with Gasteiger partial charge in [-0.2, -0.15) is 0 Å². The number of hydrogen-bond donors (Lipinski definition) is 2. The Morgan fingerprint density at radius 1 is 1.50 bits per heavy atom. The molecule has 2 N–H and O–H groups in total. The molecule has 2 rings (SSSR count). The fourth-order valence-electron chi connectivity index (χ4n) is 2.60. The van der Waals surface area contributed by atoms with Crippen LogP contribution in [0.15, 0.2) is 24.3 Å². The number of amides is 1. The molecule has 6 heteroatoms. The quantitative estimate of drug-likeness (QED) is 0.632. The van der Waals surface area contributed by atoms with Crippen molar-refractivity contribution in [2.24, 2.45) is 5.41 Å². The smallest absolute Gasteiger partial charge is 0.274 e. The van der Waals surface area contributed by atoms with Crippen LogP contribution >= 0.6 is 0 Å². The second-order valence-electron chi connectivity index (χ2n) is 5.13. The van der Waals surface area contributed by atoms with Gasteiger partial charge in [0.15, 0.2) is 0 Å². The van der Waals surface area contributed by atoms with Crippen LogP contribution < -0.4 is 10.6 Å². The molecule has 20 heavy (non-hydrogen) atoms. The summed E-state index contributed by atoms with van der Waals surface area (Å²) in [6.45, 7) is 3.70. The Morgan fingerprint density at radius 2 is 2.25 bits per heavy atom. The van der Waals surface area contributed by atoms with Gasteiger partial charge in [-0.1, -0.05) is 25.1 Å². The zero-order valence-corrected chi connectivity index (χ0v) is 11.5. The molecule has 0 radical (unpaired) electrons. The van der Waals surface area contributed by atoms with Gasteiger partial charge in [0.05, 0.1) is 10.3 Å². The van der Waals surface area contributed by atoms with Gasteiger partial charge in [-0.3, -0.25) is 14.9 Å². The van der Waals surface area contributed by atoms with Crippen molar-refractivity contribution in [2.75, 3.05) is 13.1 Å². The van der Waals surface area contributed by atoms with Crippen molar-refractivity contribution >= 4 is 11.6 Å². The third-order valence-corrected chi connectivity index (χ3v) is 4.03. The number of nitrogens with one attached hydrogen (secondary N) is 2. The predicted octanol–water partition coefficient (Wildman–Crippen LogP) is 1.60. The summed E-state index contributed by atoms with van der Waals surface area (Å²) >= 11 is 0. The SMILES string of the molecule is CCC1(C(=O)NCc2ccccc2[N+](=O)[O-])CCNC1. The van der Waals surface area contributed by atoms with Crippen LogP contribution in [0.4, 0.5) is 5.69 Å². The molecule has 1 aromatic carbocycles. The number of para-hydroxylation sites is 1. The molecule has 1 fully saturated rings. The summed E-state index contributed by atoms with van der Waals surface area (Å²) in [5, 5.41) is 17.0. The van der Waals surface area contributed by atoms with Crippen molar-refractivity contribution in [3.05, 3.63) is 39.9 Å². The zero-order valence-electron chi connectivity index (χ0n) is 11.5. The average molecular weight is 277 g/mol. The molecule has 0 spiro atoms. The number of carbonyl (C=O) groups excluding carboxylic acids is 1. The summed E-state index contributed by atoms with van der Waals surface area (Å²) in [6.07, 6.45) is 1.58.